The Morgan fingerprint density at radius 2 is 2.07 bits per heavy atom. The summed E-state index contributed by atoms with van der Waals surface area (Å²) in [5.41, 5.74) is 0.609. The Kier molecular flexibility index (Phi) is 7.13. The summed E-state index contributed by atoms with van der Waals surface area (Å²) >= 11 is 1.40. The second kappa shape index (κ2) is 9.56. The van der Waals surface area contributed by atoms with Crippen molar-refractivity contribution in [2.24, 2.45) is 0 Å². The second-order valence-electron chi connectivity index (χ2n) is 6.99. The fourth-order valence-corrected chi connectivity index (χ4v) is 4.67. The number of benzene rings is 1. The number of thioether (sulfide) groups is 1. The minimum Gasteiger partial charge on any atom is -0.376 e. The Hall–Kier alpha value is -1.86. The molecule has 1 aromatic carbocycles. The van der Waals surface area contributed by atoms with Crippen LogP contribution in [0.4, 0.5) is 0 Å². The minimum atomic E-state index is -0.260. The van der Waals surface area contributed by atoms with E-state index in [4.69, 9.17) is 9.72 Å². The zero-order valence-corrected chi connectivity index (χ0v) is 17.7. The van der Waals surface area contributed by atoms with Gasteiger partial charge in [-0.25, -0.2) is 4.98 Å². The van der Waals surface area contributed by atoms with Crippen LogP contribution in [0.2, 0.25) is 0 Å². The molecule has 0 aliphatic carbocycles. The lowest BCUT2D eigenvalue weighted by atomic mass is 10.2. The number of nitrogens with zero attached hydrogens (tertiary/aromatic N) is 3. The van der Waals surface area contributed by atoms with E-state index in [-0.39, 0.29) is 22.8 Å². The maximum atomic E-state index is 13.2. The zero-order chi connectivity index (χ0) is 20.1. The third-order valence-corrected chi connectivity index (χ3v) is 6.55. The average Bonchev–Trinajstić information content (AvgIpc) is 3.23. The SMILES string of the molecule is CC[C@H](Sc1nc2ccccc2c(=O)n1C[C@@H]1CCCO1)C(=O)N(CC)CC. The highest BCUT2D eigenvalue weighted by molar-refractivity contribution is 8.00. The summed E-state index contributed by atoms with van der Waals surface area (Å²) < 4.78 is 7.47. The number of carbonyl (C=O) groups excluding carboxylic acids is 1. The highest BCUT2D eigenvalue weighted by Gasteiger charge is 2.26. The molecule has 1 saturated heterocycles. The van der Waals surface area contributed by atoms with Crippen LogP contribution in [0, 0.1) is 0 Å². The lowest BCUT2D eigenvalue weighted by Gasteiger charge is -2.25. The van der Waals surface area contributed by atoms with Crippen molar-refractivity contribution < 1.29 is 9.53 Å². The number of carbonyl (C=O) groups is 1. The van der Waals surface area contributed by atoms with Gasteiger partial charge >= 0.3 is 0 Å². The molecule has 1 aromatic heterocycles. The maximum Gasteiger partial charge on any atom is 0.262 e. The van der Waals surface area contributed by atoms with Crippen LogP contribution in [-0.4, -0.2) is 51.4 Å². The molecule has 0 spiro atoms. The Labute approximate surface area is 170 Å². The van der Waals surface area contributed by atoms with Gasteiger partial charge in [-0.2, -0.15) is 0 Å². The number of ether oxygens (including phenoxy) is 1. The predicted octanol–water partition coefficient (Wildman–Crippen LogP) is 3.31. The van der Waals surface area contributed by atoms with Crippen LogP contribution in [0.25, 0.3) is 10.9 Å². The van der Waals surface area contributed by atoms with Gasteiger partial charge in [0.15, 0.2) is 5.16 Å². The molecule has 1 amide bonds. The van der Waals surface area contributed by atoms with Crippen LogP contribution in [0.5, 0.6) is 0 Å². The molecule has 152 valence electrons. The number of para-hydroxylation sites is 1. The van der Waals surface area contributed by atoms with E-state index >= 15 is 0 Å². The summed E-state index contributed by atoms with van der Waals surface area (Å²) in [6.07, 6.45) is 2.67. The van der Waals surface area contributed by atoms with Crippen molar-refractivity contribution in [1.82, 2.24) is 14.5 Å². The first-order valence-electron chi connectivity index (χ1n) is 10.2. The summed E-state index contributed by atoms with van der Waals surface area (Å²) in [4.78, 5) is 32.7. The molecule has 0 N–H and O–H groups in total. The number of hydrogen-bond acceptors (Lipinski definition) is 5. The standard InChI is InChI=1S/C21H29N3O3S/c1-4-18(20(26)23(5-2)6-3)28-21-22-17-12-8-7-11-16(17)19(25)24(21)14-15-10-9-13-27-15/h7-8,11-12,15,18H,4-6,9-10,13-14H2,1-3H3/t15-,18-/m0/s1. The van der Waals surface area contributed by atoms with Crippen molar-refractivity contribution in [3.05, 3.63) is 34.6 Å². The van der Waals surface area contributed by atoms with Crippen molar-refractivity contribution in [1.29, 1.82) is 0 Å². The average molecular weight is 404 g/mol. The quantitative estimate of drug-likeness (QED) is 0.500. The van der Waals surface area contributed by atoms with Gasteiger partial charge in [0.1, 0.15) is 0 Å². The summed E-state index contributed by atoms with van der Waals surface area (Å²) in [5, 5.41) is 0.947. The molecule has 1 aliphatic rings. The Bertz CT molecular complexity index is 873. The third kappa shape index (κ3) is 4.41. The van der Waals surface area contributed by atoms with E-state index in [0.717, 1.165) is 19.4 Å². The Morgan fingerprint density at radius 1 is 1.32 bits per heavy atom. The molecule has 0 radical (unpaired) electrons. The molecule has 1 aliphatic heterocycles. The first-order valence-corrected chi connectivity index (χ1v) is 11.0. The van der Waals surface area contributed by atoms with Gasteiger partial charge in [0.05, 0.1) is 28.8 Å². The van der Waals surface area contributed by atoms with Crippen LogP contribution >= 0.6 is 11.8 Å². The van der Waals surface area contributed by atoms with Crippen LogP contribution < -0.4 is 5.56 Å². The van der Waals surface area contributed by atoms with Gasteiger partial charge in [0, 0.05) is 19.7 Å². The van der Waals surface area contributed by atoms with Crippen molar-refractivity contribution >= 4 is 28.6 Å². The summed E-state index contributed by atoms with van der Waals surface area (Å²) in [5.74, 6) is 0.101. The number of amides is 1. The van der Waals surface area contributed by atoms with Crippen LogP contribution in [0.3, 0.4) is 0 Å². The molecule has 1 fully saturated rings. The van der Waals surface area contributed by atoms with E-state index in [9.17, 15) is 9.59 Å². The molecule has 2 aromatic rings. The van der Waals surface area contributed by atoms with Crippen molar-refractivity contribution in [2.45, 2.75) is 63.1 Å². The molecule has 6 nitrogen and oxygen atoms in total. The van der Waals surface area contributed by atoms with Crippen LogP contribution in [-0.2, 0) is 16.1 Å². The van der Waals surface area contributed by atoms with Gasteiger partial charge in [-0.1, -0.05) is 30.8 Å². The molecule has 2 atom stereocenters. The fraction of sp³-hybridized carbons (Fsp3) is 0.571. The number of aromatic nitrogens is 2. The lowest BCUT2D eigenvalue weighted by Crippen LogP contribution is -2.38. The summed E-state index contributed by atoms with van der Waals surface area (Å²) in [7, 11) is 0. The fourth-order valence-electron chi connectivity index (χ4n) is 3.57. The number of hydrogen-bond donors (Lipinski definition) is 0. The summed E-state index contributed by atoms with van der Waals surface area (Å²) in [6.45, 7) is 8.56. The van der Waals surface area contributed by atoms with E-state index in [1.165, 1.54) is 11.8 Å². The molecule has 3 rings (SSSR count). The molecular weight excluding hydrogens is 374 g/mol. The third-order valence-electron chi connectivity index (χ3n) is 5.21. The smallest absolute Gasteiger partial charge is 0.262 e. The minimum absolute atomic E-state index is 0.0265. The van der Waals surface area contributed by atoms with Gasteiger partial charge in [0.2, 0.25) is 5.91 Å². The lowest BCUT2D eigenvalue weighted by molar-refractivity contribution is -0.130. The van der Waals surface area contributed by atoms with Crippen molar-refractivity contribution in [3.63, 3.8) is 0 Å². The van der Waals surface area contributed by atoms with E-state index < -0.39 is 0 Å². The molecule has 2 heterocycles. The number of fused-ring (bicyclic) bond motifs is 1. The monoisotopic (exact) mass is 403 g/mol. The molecule has 7 heteroatoms. The highest BCUT2D eigenvalue weighted by Crippen LogP contribution is 2.27. The van der Waals surface area contributed by atoms with E-state index in [0.29, 0.717) is 42.1 Å². The Morgan fingerprint density at radius 3 is 2.71 bits per heavy atom. The highest BCUT2D eigenvalue weighted by atomic mass is 32.2. The van der Waals surface area contributed by atoms with Gasteiger partial charge in [-0.05, 0) is 45.2 Å². The molecule has 0 unspecified atom stereocenters. The largest absolute Gasteiger partial charge is 0.376 e. The second-order valence-corrected chi connectivity index (χ2v) is 8.16. The van der Waals surface area contributed by atoms with Gasteiger partial charge < -0.3 is 9.64 Å². The first kappa shape index (κ1) is 20.9. The van der Waals surface area contributed by atoms with Crippen LogP contribution in [0.1, 0.15) is 40.0 Å². The van der Waals surface area contributed by atoms with Crippen molar-refractivity contribution in [2.75, 3.05) is 19.7 Å². The Balaban J connectivity index is 1.99. The predicted molar refractivity (Wildman–Crippen MR) is 113 cm³/mol. The molecule has 28 heavy (non-hydrogen) atoms. The maximum absolute atomic E-state index is 13.2. The van der Waals surface area contributed by atoms with Crippen molar-refractivity contribution in [3.8, 4) is 0 Å². The number of rotatable bonds is 8. The normalized spacial score (nSPS) is 17.8. The molecule has 0 bridgehead atoms. The van der Waals surface area contributed by atoms with Crippen LogP contribution in [0.15, 0.2) is 34.2 Å². The van der Waals surface area contributed by atoms with Gasteiger partial charge in [-0.3, -0.25) is 14.2 Å². The topological polar surface area (TPSA) is 64.4 Å². The molecule has 0 saturated carbocycles. The van der Waals surface area contributed by atoms with Gasteiger partial charge in [0.25, 0.3) is 5.56 Å². The van der Waals surface area contributed by atoms with Gasteiger partial charge in [-0.15, -0.1) is 0 Å². The zero-order valence-electron chi connectivity index (χ0n) is 16.9. The van der Waals surface area contributed by atoms with E-state index in [1.54, 1.807) is 4.57 Å². The van der Waals surface area contributed by atoms with E-state index in [1.807, 2.05) is 49.9 Å². The molecular formula is C21H29N3O3S. The summed E-state index contributed by atoms with van der Waals surface area (Å²) in [6, 6.07) is 7.40. The first-order chi connectivity index (χ1) is 13.6. The van der Waals surface area contributed by atoms with E-state index in [2.05, 4.69) is 0 Å².